The van der Waals surface area contributed by atoms with E-state index in [-0.39, 0.29) is 5.91 Å². The average Bonchev–Trinajstić information content (AvgIpc) is 2.68. The van der Waals surface area contributed by atoms with Crippen LogP contribution in [-0.4, -0.2) is 15.9 Å². The molecule has 1 amide bonds. The molecule has 1 heterocycles. The van der Waals surface area contributed by atoms with Crippen LogP contribution in [0.4, 0.5) is 11.6 Å². The van der Waals surface area contributed by atoms with Gasteiger partial charge in [0.1, 0.15) is 5.69 Å². The molecule has 0 spiro atoms. The summed E-state index contributed by atoms with van der Waals surface area (Å²) in [7, 11) is 0. The third-order valence-electron chi connectivity index (χ3n) is 4.55. The lowest BCUT2D eigenvalue weighted by Crippen LogP contribution is -2.18. The molecule has 0 aliphatic rings. The number of anilines is 2. The molecule has 3 aromatic rings. The minimum atomic E-state index is -0.232. The number of hydrogen-bond acceptors (Lipinski definition) is 4. The second-order valence-corrected chi connectivity index (χ2v) is 7.21. The van der Waals surface area contributed by atoms with Crippen LogP contribution in [0.3, 0.4) is 0 Å². The Bertz CT molecular complexity index is 968. The van der Waals surface area contributed by atoms with Gasteiger partial charge in [-0.05, 0) is 42.5 Å². The van der Waals surface area contributed by atoms with Gasteiger partial charge >= 0.3 is 0 Å². The van der Waals surface area contributed by atoms with Crippen molar-refractivity contribution in [3.63, 3.8) is 0 Å². The number of nitrogens with one attached hydrogen (secondary N) is 2. The van der Waals surface area contributed by atoms with Crippen LogP contribution in [-0.2, 0) is 6.54 Å². The van der Waals surface area contributed by atoms with Crippen LogP contribution in [0, 0.1) is 13.8 Å². The summed E-state index contributed by atoms with van der Waals surface area (Å²) in [5.74, 6) is 0.526. The number of hydrogen-bond donors (Lipinski definition) is 2. The Balaban J connectivity index is 1.80. The highest BCUT2D eigenvalue weighted by Gasteiger charge is 2.15. The first-order valence-electron chi connectivity index (χ1n) is 9.48. The molecule has 0 fully saturated rings. The smallest absolute Gasteiger partial charge is 0.274 e. The van der Waals surface area contributed by atoms with E-state index in [0.29, 0.717) is 24.1 Å². The first-order chi connectivity index (χ1) is 13.4. The molecular weight excluding hydrogens is 348 g/mol. The number of rotatable bonds is 6. The van der Waals surface area contributed by atoms with E-state index in [1.807, 2.05) is 62.4 Å². The molecule has 0 bridgehead atoms. The number of aromatic nitrogens is 2. The van der Waals surface area contributed by atoms with Gasteiger partial charge in [-0.25, -0.2) is 9.97 Å². The van der Waals surface area contributed by atoms with Gasteiger partial charge in [-0.2, -0.15) is 0 Å². The summed E-state index contributed by atoms with van der Waals surface area (Å²) >= 11 is 0. The Hall–Kier alpha value is -3.21. The van der Waals surface area contributed by atoms with Crippen LogP contribution in [0.5, 0.6) is 0 Å². The highest BCUT2D eigenvalue weighted by atomic mass is 16.1. The number of nitrogens with zero attached hydrogens (tertiary/aromatic N) is 2. The van der Waals surface area contributed by atoms with E-state index in [9.17, 15) is 4.79 Å². The van der Waals surface area contributed by atoms with Gasteiger partial charge in [-0.15, -0.1) is 0 Å². The van der Waals surface area contributed by atoms with Gasteiger partial charge in [0.05, 0.1) is 0 Å². The second kappa shape index (κ2) is 8.65. The first-order valence-corrected chi connectivity index (χ1v) is 9.48. The third-order valence-corrected chi connectivity index (χ3v) is 4.55. The van der Waals surface area contributed by atoms with Crippen molar-refractivity contribution >= 4 is 17.5 Å². The molecule has 0 radical (unpaired) electrons. The Morgan fingerprint density at radius 2 is 1.75 bits per heavy atom. The van der Waals surface area contributed by atoms with Crippen LogP contribution in [0.15, 0.2) is 54.6 Å². The predicted octanol–water partition coefficient (Wildman–Crippen LogP) is 5.08. The van der Waals surface area contributed by atoms with Crippen LogP contribution in [0.2, 0.25) is 0 Å². The summed E-state index contributed by atoms with van der Waals surface area (Å²) < 4.78 is 0. The molecule has 0 saturated carbocycles. The monoisotopic (exact) mass is 374 g/mol. The van der Waals surface area contributed by atoms with Gasteiger partial charge in [0, 0.05) is 17.9 Å². The quantitative estimate of drug-likeness (QED) is 0.631. The van der Waals surface area contributed by atoms with Crippen LogP contribution in [0.25, 0.3) is 0 Å². The standard InChI is InChI=1S/C23H26N4O/c1-15(2)19-12-8-9-16(3)21(19)27-22(28)20-13-17(4)25-23(26-20)24-14-18-10-6-5-7-11-18/h5-13,15H,14H2,1-4H3,(H,27,28)(H,24,25,26). The molecule has 1 aromatic heterocycles. The molecule has 28 heavy (non-hydrogen) atoms. The summed E-state index contributed by atoms with van der Waals surface area (Å²) in [4.78, 5) is 21.7. The number of amides is 1. The van der Waals surface area contributed by atoms with E-state index < -0.39 is 0 Å². The van der Waals surface area contributed by atoms with Crippen molar-refractivity contribution in [2.45, 2.75) is 40.2 Å². The van der Waals surface area contributed by atoms with Gasteiger partial charge in [-0.3, -0.25) is 4.79 Å². The van der Waals surface area contributed by atoms with Gasteiger partial charge in [0.15, 0.2) is 0 Å². The Kier molecular flexibility index (Phi) is 6.04. The maximum atomic E-state index is 12.9. The van der Waals surface area contributed by atoms with Crippen molar-refractivity contribution < 1.29 is 4.79 Å². The number of para-hydroxylation sites is 1. The fraction of sp³-hybridized carbons (Fsp3) is 0.261. The Morgan fingerprint density at radius 3 is 2.46 bits per heavy atom. The van der Waals surface area contributed by atoms with Crippen molar-refractivity contribution in [3.05, 3.63) is 82.7 Å². The SMILES string of the molecule is Cc1cc(C(=O)Nc2c(C)cccc2C(C)C)nc(NCc2ccccc2)n1. The Morgan fingerprint density at radius 1 is 1.00 bits per heavy atom. The molecule has 2 aromatic carbocycles. The van der Waals surface area contributed by atoms with Crippen LogP contribution >= 0.6 is 0 Å². The normalized spacial score (nSPS) is 10.8. The summed E-state index contributed by atoms with van der Waals surface area (Å²) in [6.45, 7) is 8.69. The predicted molar refractivity (Wildman–Crippen MR) is 114 cm³/mol. The third kappa shape index (κ3) is 4.74. The van der Waals surface area contributed by atoms with Gasteiger partial charge in [0.25, 0.3) is 5.91 Å². The van der Waals surface area contributed by atoms with E-state index in [4.69, 9.17) is 0 Å². The zero-order valence-corrected chi connectivity index (χ0v) is 16.8. The number of benzene rings is 2. The molecule has 5 nitrogen and oxygen atoms in total. The highest BCUT2D eigenvalue weighted by molar-refractivity contribution is 6.04. The first kappa shape index (κ1) is 19.5. The van der Waals surface area contributed by atoms with E-state index in [1.54, 1.807) is 6.07 Å². The lowest BCUT2D eigenvalue weighted by molar-refractivity contribution is 0.102. The topological polar surface area (TPSA) is 66.9 Å². The molecule has 0 aliphatic heterocycles. The maximum Gasteiger partial charge on any atom is 0.274 e. The average molecular weight is 374 g/mol. The minimum Gasteiger partial charge on any atom is -0.350 e. The second-order valence-electron chi connectivity index (χ2n) is 7.21. The number of carbonyl (C=O) groups is 1. The van der Waals surface area contributed by atoms with Crippen molar-refractivity contribution in [1.82, 2.24) is 9.97 Å². The van der Waals surface area contributed by atoms with Crippen LogP contribution < -0.4 is 10.6 Å². The van der Waals surface area contributed by atoms with Gasteiger partial charge in [-0.1, -0.05) is 62.4 Å². The lowest BCUT2D eigenvalue weighted by atomic mass is 9.98. The molecule has 0 atom stereocenters. The van der Waals surface area contributed by atoms with Crippen molar-refractivity contribution in [2.75, 3.05) is 10.6 Å². The highest BCUT2D eigenvalue weighted by Crippen LogP contribution is 2.27. The van der Waals surface area contributed by atoms with Gasteiger partial charge in [0.2, 0.25) is 5.95 Å². The van der Waals surface area contributed by atoms with Crippen LogP contribution in [0.1, 0.15) is 52.6 Å². The molecule has 2 N–H and O–H groups in total. The van der Waals surface area contributed by atoms with E-state index in [2.05, 4.69) is 34.4 Å². The molecular formula is C23H26N4O. The molecule has 0 saturated heterocycles. The maximum absolute atomic E-state index is 12.9. The summed E-state index contributed by atoms with van der Waals surface area (Å²) in [6, 6.07) is 17.8. The number of carbonyl (C=O) groups excluding carboxylic acids is 1. The fourth-order valence-corrected chi connectivity index (χ4v) is 3.06. The van der Waals surface area contributed by atoms with Crippen molar-refractivity contribution in [1.29, 1.82) is 0 Å². The molecule has 144 valence electrons. The minimum absolute atomic E-state index is 0.232. The lowest BCUT2D eigenvalue weighted by Gasteiger charge is -2.16. The molecule has 0 unspecified atom stereocenters. The van der Waals surface area contributed by atoms with E-state index >= 15 is 0 Å². The number of aryl methyl sites for hydroxylation is 2. The fourth-order valence-electron chi connectivity index (χ4n) is 3.06. The summed E-state index contributed by atoms with van der Waals surface area (Å²) in [5, 5.41) is 6.25. The van der Waals surface area contributed by atoms with Crippen molar-refractivity contribution in [2.24, 2.45) is 0 Å². The molecule has 3 rings (SSSR count). The largest absolute Gasteiger partial charge is 0.350 e. The Labute approximate surface area is 166 Å². The van der Waals surface area contributed by atoms with E-state index in [1.165, 1.54) is 0 Å². The van der Waals surface area contributed by atoms with Gasteiger partial charge < -0.3 is 10.6 Å². The molecule has 0 aliphatic carbocycles. The van der Waals surface area contributed by atoms with E-state index in [0.717, 1.165) is 28.1 Å². The summed E-state index contributed by atoms with van der Waals surface area (Å²) in [5.41, 5.74) is 5.22. The zero-order valence-electron chi connectivity index (χ0n) is 16.8. The van der Waals surface area contributed by atoms with Crippen molar-refractivity contribution in [3.8, 4) is 0 Å². The molecule has 5 heteroatoms. The zero-order chi connectivity index (χ0) is 20.1. The summed E-state index contributed by atoms with van der Waals surface area (Å²) in [6.07, 6.45) is 0.